The maximum absolute atomic E-state index is 8.64. The van der Waals surface area contributed by atoms with E-state index >= 15 is 0 Å². The lowest BCUT2D eigenvalue weighted by Crippen LogP contribution is -2.12. The second-order valence-electron chi connectivity index (χ2n) is 5.84. The Labute approximate surface area is 135 Å². The minimum absolute atomic E-state index is 0.0108. The molecule has 112 valence electrons. The number of nitrogens with zero attached hydrogens (tertiary/aromatic N) is 8. The molecule has 2 aliphatic carbocycles. The first-order chi connectivity index (χ1) is 10.7. The van der Waals surface area contributed by atoms with E-state index in [4.69, 9.17) is 34.3 Å². The first kappa shape index (κ1) is 13.8. The van der Waals surface area contributed by atoms with E-state index < -0.39 is 0 Å². The van der Waals surface area contributed by atoms with Gasteiger partial charge in [0.2, 0.25) is 0 Å². The lowest BCUT2D eigenvalue weighted by atomic mass is 10.0. The molecule has 1 aromatic rings. The molecule has 8 nitrogen and oxygen atoms in total. The van der Waals surface area contributed by atoms with Gasteiger partial charge < -0.3 is 4.90 Å². The van der Waals surface area contributed by atoms with Crippen molar-refractivity contribution in [3.05, 3.63) is 30.9 Å². The monoisotopic (exact) mass is 336 g/mol. The van der Waals surface area contributed by atoms with Gasteiger partial charge in [-0.1, -0.05) is 23.2 Å². The lowest BCUT2D eigenvalue weighted by Gasteiger charge is -2.18. The summed E-state index contributed by atoms with van der Waals surface area (Å²) in [4.78, 5) is 11.5. The standard InChI is InChI=1S/C12H10Cl2N8/c13-6-10(22-8-4-1-2-5(3-4)9(8)22)7(14)12(19-21-16)17-11(6)18-20-15/h4-5,8-9H,1-3H2/t4-,5+,8+,9-,22?. The molecule has 4 rings (SSSR count). The number of hydrogen-bond acceptors (Lipinski definition) is 4. The largest absolute Gasteiger partial charge is 0.358 e. The van der Waals surface area contributed by atoms with Crippen LogP contribution in [0.5, 0.6) is 0 Å². The Hall–Kier alpha value is -1.85. The van der Waals surface area contributed by atoms with Gasteiger partial charge in [0.05, 0.1) is 27.8 Å². The fourth-order valence-electron chi connectivity index (χ4n) is 4.20. The van der Waals surface area contributed by atoms with Crippen molar-refractivity contribution in [1.29, 1.82) is 0 Å². The molecular weight excluding hydrogens is 327 g/mol. The van der Waals surface area contributed by atoms with Crippen LogP contribution in [0.4, 0.5) is 17.3 Å². The van der Waals surface area contributed by atoms with E-state index in [0.717, 1.165) is 0 Å². The van der Waals surface area contributed by atoms with Crippen molar-refractivity contribution in [2.24, 2.45) is 22.1 Å². The van der Waals surface area contributed by atoms with Gasteiger partial charge >= 0.3 is 0 Å². The molecule has 1 aliphatic heterocycles. The number of piperidine rings is 1. The minimum atomic E-state index is -0.0108. The van der Waals surface area contributed by atoms with E-state index in [9.17, 15) is 0 Å². The highest BCUT2D eigenvalue weighted by molar-refractivity contribution is 6.42. The molecular formula is C12H10Cl2N8. The zero-order valence-corrected chi connectivity index (χ0v) is 12.8. The van der Waals surface area contributed by atoms with Crippen LogP contribution >= 0.6 is 23.2 Å². The zero-order valence-electron chi connectivity index (χ0n) is 11.3. The molecule has 0 radical (unpaired) electrons. The second kappa shape index (κ2) is 4.83. The van der Waals surface area contributed by atoms with Crippen LogP contribution in [0.25, 0.3) is 20.9 Å². The first-order valence-electron chi connectivity index (χ1n) is 6.95. The smallest absolute Gasteiger partial charge is 0.148 e. The number of rotatable bonds is 3. The van der Waals surface area contributed by atoms with Gasteiger partial charge in [-0.25, -0.2) is 4.98 Å². The molecule has 0 unspecified atom stereocenters. The van der Waals surface area contributed by atoms with Crippen molar-refractivity contribution in [3.63, 3.8) is 0 Å². The molecule has 3 aliphatic rings. The second-order valence-corrected chi connectivity index (χ2v) is 6.59. The van der Waals surface area contributed by atoms with Gasteiger partial charge in [0.25, 0.3) is 0 Å². The van der Waals surface area contributed by atoms with E-state index in [1.807, 2.05) is 0 Å². The molecule has 2 bridgehead atoms. The van der Waals surface area contributed by atoms with Crippen LogP contribution in [0.3, 0.4) is 0 Å². The Kier molecular flexibility index (Phi) is 3.03. The van der Waals surface area contributed by atoms with Crippen LogP contribution < -0.4 is 4.90 Å². The van der Waals surface area contributed by atoms with Gasteiger partial charge in [-0.15, -0.1) is 0 Å². The van der Waals surface area contributed by atoms with Crippen molar-refractivity contribution >= 4 is 40.5 Å². The summed E-state index contributed by atoms with van der Waals surface area (Å²) in [5.74, 6) is 1.31. The van der Waals surface area contributed by atoms with Crippen LogP contribution in [-0.2, 0) is 0 Å². The highest BCUT2D eigenvalue weighted by Crippen LogP contribution is 2.62. The number of pyridine rings is 1. The summed E-state index contributed by atoms with van der Waals surface area (Å²) in [6.07, 6.45) is 3.72. The van der Waals surface area contributed by atoms with Crippen molar-refractivity contribution in [3.8, 4) is 0 Å². The van der Waals surface area contributed by atoms with E-state index in [1.165, 1.54) is 19.3 Å². The average Bonchev–Trinajstić information content (AvgIpc) is 2.91. The van der Waals surface area contributed by atoms with Gasteiger partial charge in [-0.2, -0.15) is 0 Å². The Balaban J connectivity index is 1.85. The molecule has 0 N–H and O–H groups in total. The fourth-order valence-corrected chi connectivity index (χ4v) is 4.79. The summed E-state index contributed by atoms with van der Waals surface area (Å²) in [6.45, 7) is 0. The highest BCUT2D eigenvalue weighted by atomic mass is 35.5. The van der Waals surface area contributed by atoms with Gasteiger partial charge in [0.1, 0.15) is 11.6 Å². The summed E-state index contributed by atoms with van der Waals surface area (Å²) in [7, 11) is 0. The number of aromatic nitrogens is 1. The molecule has 0 amide bonds. The van der Waals surface area contributed by atoms with Crippen LogP contribution in [0.15, 0.2) is 10.2 Å². The number of halogens is 2. The molecule has 3 fully saturated rings. The third kappa shape index (κ3) is 1.76. The zero-order chi connectivity index (χ0) is 15.4. The van der Waals surface area contributed by atoms with E-state index in [1.54, 1.807) is 0 Å². The molecule has 0 spiro atoms. The Bertz CT molecular complexity index is 709. The van der Waals surface area contributed by atoms with Crippen LogP contribution in [0.2, 0.25) is 10.0 Å². The normalized spacial score (nSPS) is 30.5. The van der Waals surface area contributed by atoms with E-state index in [2.05, 4.69) is 29.9 Å². The third-order valence-corrected chi connectivity index (χ3v) is 5.64. The SMILES string of the molecule is [N-]=[N+]=Nc1nc(N=[N+]=[N-])c(Cl)c(N2[C@@H]3[C@H]4CC[C@H](C4)[C@@H]32)c1Cl. The van der Waals surface area contributed by atoms with Crippen LogP contribution in [0.1, 0.15) is 19.3 Å². The van der Waals surface area contributed by atoms with E-state index in [0.29, 0.717) is 29.6 Å². The molecule has 2 heterocycles. The van der Waals surface area contributed by atoms with Crippen molar-refractivity contribution < 1.29 is 0 Å². The molecule has 4 atom stereocenters. The maximum atomic E-state index is 8.64. The molecule has 0 aromatic carbocycles. The molecule has 1 aromatic heterocycles. The summed E-state index contributed by atoms with van der Waals surface area (Å²) < 4.78 is 0. The van der Waals surface area contributed by atoms with Gasteiger partial charge in [0, 0.05) is 9.82 Å². The Morgan fingerprint density at radius 3 is 1.95 bits per heavy atom. The van der Waals surface area contributed by atoms with Crippen molar-refractivity contribution in [1.82, 2.24) is 4.98 Å². The quantitative estimate of drug-likeness (QED) is 0.324. The summed E-state index contributed by atoms with van der Waals surface area (Å²) in [5.41, 5.74) is 17.9. The summed E-state index contributed by atoms with van der Waals surface area (Å²) in [5, 5.41) is 7.39. The number of fused-ring (bicyclic) bond motifs is 5. The Morgan fingerprint density at radius 2 is 1.50 bits per heavy atom. The first-order valence-corrected chi connectivity index (χ1v) is 7.70. The van der Waals surface area contributed by atoms with Gasteiger partial charge in [0.15, 0.2) is 0 Å². The number of azide groups is 2. The number of anilines is 1. The Morgan fingerprint density at radius 1 is 1.00 bits per heavy atom. The minimum Gasteiger partial charge on any atom is -0.358 e. The van der Waals surface area contributed by atoms with Crippen LogP contribution in [-0.4, -0.2) is 17.1 Å². The van der Waals surface area contributed by atoms with Gasteiger partial charge in [-0.3, -0.25) is 0 Å². The maximum Gasteiger partial charge on any atom is 0.148 e. The third-order valence-electron chi connectivity index (χ3n) is 4.94. The van der Waals surface area contributed by atoms with Crippen molar-refractivity contribution in [2.75, 3.05) is 4.90 Å². The number of hydrogen-bond donors (Lipinski definition) is 0. The highest BCUT2D eigenvalue weighted by Gasteiger charge is 2.64. The summed E-state index contributed by atoms with van der Waals surface area (Å²) in [6, 6.07) is 0.878. The van der Waals surface area contributed by atoms with Gasteiger partial charge in [-0.05, 0) is 52.4 Å². The molecule has 1 saturated heterocycles. The average molecular weight is 337 g/mol. The predicted octanol–water partition coefficient (Wildman–Crippen LogP) is 5.26. The molecule has 22 heavy (non-hydrogen) atoms. The van der Waals surface area contributed by atoms with Crippen LogP contribution in [0, 0.1) is 11.8 Å². The topological polar surface area (TPSA) is 113 Å². The summed E-state index contributed by atoms with van der Waals surface area (Å²) >= 11 is 12.7. The predicted molar refractivity (Wildman–Crippen MR) is 82.8 cm³/mol. The van der Waals surface area contributed by atoms with E-state index in [-0.39, 0.29) is 21.7 Å². The lowest BCUT2D eigenvalue weighted by molar-refractivity contribution is 0.546. The fraction of sp³-hybridized carbons (Fsp3) is 0.583. The van der Waals surface area contributed by atoms with Crippen molar-refractivity contribution in [2.45, 2.75) is 31.3 Å². The molecule has 10 heteroatoms. The molecule has 2 saturated carbocycles.